The van der Waals surface area contributed by atoms with Gasteiger partial charge in [0, 0.05) is 48.6 Å². The number of rotatable bonds is 6. The van der Waals surface area contributed by atoms with Gasteiger partial charge in [-0.1, -0.05) is 25.1 Å². The number of aryl methyl sites for hydroxylation is 1. The number of amides is 2. The van der Waals surface area contributed by atoms with Crippen molar-refractivity contribution in [3.05, 3.63) is 59.9 Å². The summed E-state index contributed by atoms with van der Waals surface area (Å²) in [4.78, 5) is 30.0. The molecule has 2 heterocycles. The van der Waals surface area contributed by atoms with Crippen LogP contribution in [0.5, 0.6) is 0 Å². The second-order valence-electron chi connectivity index (χ2n) is 8.13. The summed E-state index contributed by atoms with van der Waals surface area (Å²) in [6.07, 6.45) is 3.25. The molecule has 1 aromatic heterocycles. The fourth-order valence-corrected chi connectivity index (χ4v) is 4.36. The number of nitrogens with zero attached hydrogens (tertiary/aromatic N) is 1. The molecule has 5 nitrogen and oxygen atoms in total. The Balaban J connectivity index is 1.51. The Hall–Kier alpha value is -3.15. The number of hydrogen-bond acceptors (Lipinski definition) is 2. The Labute approximate surface area is 181 Å². The summed E-state index contributed by atoms with van der Waals surface area (Å²) in [6.45, 7) is 3.14. The van der Waals surface area contributed by atoms with Crippen molar-refractivity contribution in [2.75, 3.05) is 13.1 Å². The molecule has 6 heteroatoms. The van der Waals surface area contributed by atoms with E-state index in [1.54, 1.807) is 12.1 Å². The first-order valence-electron chi connectivity index (χ1n) is 11.0. The van der Waals surface area contributed by atoms with Crippen LogP contribution in [0.2, 0.25) is 0 Å². The van der Waals surface area contributed by atoms with E-state index in [4.69, 9.17) is 0 Å². The highest BCUT2D eigenvalue weighted by molar-refractivity contribution is 5.91. The molecule has 31 heavy (non-hydrogen) atoms. The zero-order valence-corrected chi connectivity index (χ0v) is 17.8. The van der Waals surface area contributed by atoms with Gasteiger partial charge in [0.1, 0.15) is 5.82 Å². The highest BCUT2D eigenvalue weighted by atomic mass is 19.1. The van der Waals surface area contributed by atoms with Crippen LogP contribution in [0.4, 0.5) is 4.39 Å². The van der Waals surface area contributed by atoms with E-state index < -0.39 is 0 Å². The second-order valence-corrected chi connectivity index (χ2v) is 8.13. The predicted molar refractivity (Wildman–Crippen MR) is 120 cm³/mol. The normalized spacial score (nSPS) is 16.5. The molecule has 1 fully saturated rings. The molecular formula is C25H28FN3O2. The van der Waals surface area contributed by atoms with Crippen LogP contribution in [0.15, 0.2) is 48.5 Å². The lowest BCUT2D eigenvalue weighted by Gasteiger charge is -2.33. The summed E-state index contributed by atoms with van der Waals surface area (Å²) >= 11 is 0. The topological polar surface area (TPSA) is 65.2 Å². The maximum atomic E-state index is 13.4. The summed E-state index contributed by atoms with van der Waals surface area (Å²) < 4.78 is 13.4. The van der Waals surface area contributed by atoms with Crippen LogP contribution in [0.3, 0.4) is 0 Å². The van der Waals surface area contributed by atoms with Gasteiger partial charge in [0.2, 0.25) is 11.8 Å². The fourth-order valence-electron chi connectivity index (χ4n) is 4.36. The van der Waals surface area contributed by atoms with Crippen molar-refractivity contribution in [2.24, 2.45) is 0 Å². The number of likely N-dealkylation sites (tertiary alicyclic amines) is 1. The first kappa shape index (κ1) is 21.1. The van der Waals surface area contributed by atoms with Crippen molar-refractivity contribution < 1.29 is 14.0 Å². The Morgan fingerprint density at radius 1 is 1.16 bits per heavy atom. The number of carbonyl (C=O) groups is 2. The third-order valence-electron chi connectivity index (χ3n) is 6.00. The summed E-state index contributed by atoms with van der Waals surface area (Å²) in [5, 5.41) is 4.10. The molecule has 4 rings (SSSR count). The van der Waals surface area contributed by atoms with Crippen molar-refractivity contribution in [2.45, 2.75) is 45.1 Å². The lowest BCUT2D eigenvalue weighted by molar-refractivity contribution is -0.133. The van der Waals surface area contributed by atoms with Crippen molar-refractivity contribution in [3.8, 4) is 11.3 Å². The zero-order chi connectivity index (χ0) is 21.8. The fraction of sp³-hybridized carbons (Fsp3) is 0.360. The van der Waals surface area contributed by atoms with Crippen LogP contribution in [0.1, 0.15) is 38.2 Å². The number of H-pyrrole nitrogens is 1. The van der Waals surface area contributed by atoms with Gasteiger partial charge in [-0.05, 0) is 60.7 Å². The monoisotopic (exact) mass is 421 g/mol. The van der Waals surface area contributed by atoms with Gasteiger partial charge in [0.15, 0.2) is 0 Å². The van der Waals surface area contributed by atoms with Crippen LogP contribution in [-0.4, -0.2) is 40.8 Å². The molecule has 0 saturated carbocycles. The summed E-state index contributed by atoms with van der Waals surface area (Å²) in [7, 11) is 0. The van der Waals surface area contributed by atoms with Crippen molar-refractivity contribution >= 4 is 22.7 Å². The Morgan fingerprint density at radius 3 is 2.71 bits per heavy atom. The standard InChI is InChI=1S/C25H28FN3O2/c1-2-23(30)27-19-6-5-15-29(16-19)24(31)14-13-21-20-7-3-4-8-22(20)28-25(21)17-9-11-18(26)12-10-17/h3-4,7-12,19,28H,2,5-6,13-16H2,1H3,(H,27,30). The number of para-hydroxylation sites is 1. The maximum absolute atomic E-state index is 13.4. The number of hydrogen-bond donors (Lipinski definition) is 2. The quantitative estimate of drug-likeness (QED) is 0.619. The van der Waals surface area contributed by atoms with Gasteiger partial charge in [0.25, 0.3) is 0 Å². The summed E-state index contributed by atoms with van der Waals surface area (Å²) in [5.41, 5.74) is 3.91. The molecule has 1 atom stereocenters. The average Bonchev–Trinajstić information content (AvgIpc) is 3.16. The lowest BCUT2D eigenvalue weighted by Crippen LogP contribution is -2.49. The molecule has 2 aromatic carbocycles. The van der Waals surface area contributed by atoms with Gasteiger partial charge in [-0.25, -0.2) is 4.39 Å². The average molecular weight is 422 g/mol. The first-order chi connectivity index (χ1) is 15.0. The smallest absolute Gasteiger partial charge is 0.222 e. The molecule has 1 aliphatic heterocycles. The molecule has 2 N–H and O–H groups in total. The number of aromatic nitrogens is 1. The van der Waals surface area contributed by atoms with E-state index in [2.05, 4.69) is 16.4 Å². The van der Waals surface area contributed by atoms with Crippen LogP contribution >= 0.6 is 0 Å². The van der Waals surface area contributed by atoms with Gasteiger partial charge in [-0.15, -0.1) is 0 Å². The predicted octanol–water partition coefficient (Wildman–Crippen LogP) is 4.42. The largest absolute Gasteiger partial charge is 0.354 e. The van der Waals surface area contributed by atoms with E-state index in [0.717, 1.165) is 47.1 Å². The molecule has 1 saturated heterocycles. The number of fused-ring (bicyclic) bond motifs is 1. The molecule has 0 spiro atoms. The van der Waals surface area contributed by atoms with E-state index >= 15 is 0 Å². The highest BCUT2D eigenvalue weighted by Crippen LogP contribution is 2.31. The Bertz CT molecular complexity index is 1070. The minimum absolute atomic E-state index is 0.0297. The van der Waals surface area contributed by atoms with E-state index in [9.17, 15) is 14.0 Å². The number of piperidine rings is 1. The Morgan fingerprint density at radius 2 is 1.94 bits per heavy atom. The molecule has 1 unspecified atom stereocenters. The number of aromatic amines is 1. The first-order valence-corrected chi connectivity index (χ1v) is 11.0. The summed E-state index contributed by atoms with van der Waals surface area (Å²) in [6, 6.07) is 14.5. The van der Waals surface area contributed by atoms with E-state index in [1.165, 1.54) is 12.1 Å². The molecule has 0 aliphatic carbocycles. The van der Waals surface area contributed by atoms with Crippen LogP contribution in [-0.2, 0) is 16.0 Å². The number of carbonyl (C=O) groups excluding carboxylic acids is 2. The minimum Gasteiger partial charge on any atom is -0.354 e. The highest BCUT2D eigenvalue weighted by Gasteiger charge is 2.25. The van der Waals surface area contributed by atoms with Gasteiger partial charge in [0.05, 0.1) is 0 Å². The van der Waals surface area contributed by atoms with Gasteiger partial charge in [-0.2, -0.15) is 0 Å². The van der Waals surface area contributed by atoms with Crippen LogP contribution in [0.25, 0.3) is 22.2 Å². The third kappa shape index (κ3) is 4.79. The molecule has 1 aliphatic rings. The van der Waals surface area contributed by atoms with E-state index in [0.29, 0.717) is 25.8 Å². The Kier molecular flexibility index (Phi) is 6.35. The molecule has 2 amide bonds. The minimum atomic E-state index is -0.272. The van der Waals surface area contributed by atoms with Crippen LogP contribution < -0.4 is 5.32 Å². The summed E-state index contributed by atoms with van der Waals surface area (Å²) in [5.74, 6) is -0.140. The van der Waals surface area contributed by atoms with Crippen molar-refractivity contribution in [1.29, 1.82) is 0 Å². The van der Waals surface area contributed by atoms with Gasteiger partial charge >= 0.3 is 0 Å². The lowest BCUT2D eigenvalue weighted by atomic mass is 10.00. The zero-order valence-electron chi connectivity index (χ0n) is 17.8. The van der Waals surface area contributed by atoms with E-state index in [1.807, 2.05) is 30.0 Å². The van der Waals surface area contributed by atoms with Gasteiger partial charge in [-0.3, -0.25) is 9.59 Å². The van der Waals surface area contributed by atoms with Crippen molar-refractivity contribution in [3.63, 3.8) is 0 Å². The molecule has 3 aromatic rings. The number of nitrogens with one attached hydrogen (secondary N) is 2. The van der Waals surface area contributed by atoms with Gasteiger partial charge < -0.3 is 15.2 Å². The van der Waals surface area contributed by atoms with E-state index in [-0.39, 0.29) is 23.7 Å². The van der Waals surface area contributed by atoms with Crippen molar-refractivity contribution in [1.82, 2.24) is 15.2 Å². The molecule has 0 radical (unpaired) electrons. The SMILES string of the molecule is CCC(=O)NC1CCCN(C(=O)CCc2c(-c3ccc(F)cc3)[nH]c3ccccc23)C1. The number of benzene rings is 2. The third-order valence-corrected chi connectivity index (χ3v) is 6.00. The molecular weight excluding hydrogens is 393 g/mol. The second kappa shape index (κ2) is 9.33. The number of halogens is 1. The molecule has 162 valence electrons. The van der Waals surface area contributed by atoms with Crippen LogP contribution in [0, 0.1) is 5.82 Å². The maximum Gasteiger partial charge on any atom is 0.222 e. The molecule has 0 bridgehead atoms.